The molecule has 6 heteroatoms. The lowest BCUT2D eigenvalue weighted by atomic mass is 10.1. The summed E-state index contributed by atoms with van der Waals surface area (Å²) in [4.78, 5) is 3.91. The van der Waals surface area contributed by atoms with E-state index < -0.39 is 6.36 Å². The molecule has 0 spiro atoms. The molecule has 2 N–H and O–H groups in total. The molecule has 94 valence electrons. The molecule has 0 radical (unpaired) electrons. The maximum absolute atomic E-state index is 12.0. The number of nitrogens with zero attached hydrogens (tertiary/aromatic N) is 1. The molecule has 3 nitrogen and oxygen atoms in total. The number of benzene rings is 1. The highest BCUT2D eigenvalue weighted by Gasteiger charge is 2.30. The third kappa shape index (κ3) is 3.13. The molecule has 1 aromatic heterocycles. The van der Waals surface area contributed by atoms with Gasteiger partial charge in [-0.2, -0.15) is 0 Å². The summed E-state index contributed by atoms with van der Waals surface area (Å²) in [5.41, 5.74) is 7.50. The zero-order valence-electron chi connectivity index (χ0n) is 9.11. The number of aromatic nitrogens is 1. The Bertz CT molecular complexity index is 538. The Morgan fingerprint density at radius 3 is 2.22 bits per heavy atom. The maximum atomic E-state index is 12.0. The van der Waals surface area contributed by atoms with Gasteiger partial charge in [-0.1, -0.05) is 12.1 Å². The van der Waals surface area contributed by atoms with Crippen molar-refractivity contribution >= 4 is 5.69 Å². The Morgan fingerprint density at radius 2 is 1.67 bits per heavy atom. The zero-order valence-corrected chi connectivity index (χ0v) is 9.11. The van der Waals surface area contributed by atoms with Gasteiger partial charge in [0.2, 0.25) is 0 Å². The number of hydrogen-bond donors (Lipinski definition) is 1. The molecule has 0 aliphatic heterocycles. The molecule has 0 saturated carbocycles. The number of anilines is 1. The first-order chi connectivity index (χ1) is 8.44. The Labute approximate surface area is 101 Å². The van der Waals surface area contributed by atoms with Crippen molar-refractivity contribution in [3.8, 4) is 16.9 Å². The average Bonchev–Trinajstić information content (AvgIpc) is 2.28. The van der Waals surface area contributed by atoms with Crippen molar-refractivity contribution in [3.63, 3.8) is 0 Å². The fourth-order valence-electron chi connectivity index (χ4n) is 1.46. The summed E-state index contributed by atoms with van der Waals surface area (Å²) < 4.78 is 39.7. The molecule has 0 fully saturated rings. The third-order valence-corrected chi connectivity index (χ3v) is 2.18. The largest absolute Gasteiger partial charge is 0.573 e. The first-order valence-electron chi connectivity index (χ1n) is 5.01. The van der Waals surface area contributed by atoms with Gasteiger partial charge in [0.25, 0.3) is 0 Å². The van der Waals surface area contributed by atoms with Crippen LogP contribution >= 0.6 is 0 Å². The molecular formula is C12H9F3N2O. The van der Waals surface area contributed by atoms with Crippen LogP contribution < -0.4 is 10.5 Å². The number of hydrogen-bond acceptors (Lipinski definition) is 3. The number of pyridine rings is 1. The first-order valence-corrected chi connectivity index (χ1v) is 5.01. The van der Waals surface area contributed by atoms with Gasteiger partial charge in [0.1, 0.15) is 5.75 Å². The second-order valence-corrected chi connectivity index (χ2v) is 3.58. The van der Waals surface area contributed by atoms with Crippen LogP contribution in [-0.2, 0) is 0 Å². The molecule has 0 atom stereocenters. The number of rotatable bonds is 2. The molecule has 0 aliphatic rings. The van der Waals surface area contributed by atoms with Crippen LogP contribution in [0.2, 0.25) is 0 Å². The smallest absolute Gasteiger partial charge is 0.406 e. The van der Waals surface area contributed by atoms with E-state index in [9.17, 15) is 13.2 Å². The van der Waals surface area contributed by atoms with Gasteiger partial charge in [0.05, 0.1) is 5.69 Å². The van der Waals surface area contributed by atoms with Gasteiger partial charge in [0.15, 0.2) is 0 Å². The second-order valence-electron chi connectivity index (χ2n) is 3.58. The molecular weight excluding hydrogens is 245 g/mol. The predicted molar refractivity (Wildman–Crippen MR) is 60.8 cm³/mol. The number of nitrogens with two attached hydrogens (primary N) is 1. The molecule has 0 bridgehead atoms. The Hall–Kier alpha value is -2.24. The fourth-order valence-corrected chi connectivity index (χ4v) is 1.46. The molecule has 2 aromatic rings. The SMILES string of the molecule is Nc1cncc(-c2ccc(OC(F)(F)F)cc2)c1. The van der Waals surface area contributed by atoms with Crippen molar-refractivity contribution in [1.82, 2.24) is 4.98 Å². The minimum Gasteiger partial charge on any atom is -0.406 e. The quantitative estimate of drug-likeness (QED) is 0.895. The van der Waals surface area contributed by atoms with Crippen LogP contribution in [0.3, 0.4) is 0 Å². The summed E-state index contributed by atoms with van der Waals surface area (Å²) in [5, 5.41) is 0. The zero-order chi connectivity index (χ0) is 13.2. The van der Waals surface area contributed by atoms with E-state index in [2.05, 4.69) is 9.72 Å². The number of nitrogen functional groups attached to an aromatic ring is 1. The number of ether oxygens (including phenoxy) is 1. The summed E-state index contributed by atoms with van der Waals surface area (Å²) in [6.45, 7) is 0. The number of alkyl halides is 3. The van der Waals surface area contributed by atoms with Crippen LogP contribution in [0.5, 0.6) is 5.75 Å². The molecule has 0 amide bonds. The molecule has 18 heavy (non-hydrogen) atoms. The topological polar surface area (TPSA) is 48.1 Å². The van der Waals surface area contributed by atoms with Gasteiger partial charge < -0.3 is 10.5 Å². The lowest BCUT2D eigenvalue weighted by Crippen LogP contribution is -2.16. The summed E-state index contributed by atoms with van der Waals surface area (Å²) in [6.07, 6.45) is -1.61. The van der Waals surface area contributed by atoms with E-state index >= 15 is 0 Å². The van der Waals surface area contributed by atoms with Crippen LogP contribution in [0.4, 0.5) is 18.9 Å². The monoisotopic (exact) mass is 254 g/mol. The van der Waals surface area contributed by atoms with Crippen molar-refractivity contribution in [2.45, 2.75) is 6.36 Å². The molecule has 0 aliphatic carbocycles. The van der Waals surface area contributed by atoms with Crippen LogP contribution in [0.15, 0.2) is 42.7 Å². The Balaban J connectivity index is 2.22. The molecule has 2 rings (SSSR count). The van der Waals surface area contributed by atoms with Gasteiger partial charge in [-0.3, -0.25) is 4.98 Å². The first kappa shape index (κ1) is 12.2. The van der Waals surface area contributed by atoms with Crippen LogP contribution in [0.25, 0.3) is 11.1 Å². The van der Waals surface area contributed by atoms with Crippen LogP contribution in [-0.4, -0.2) is 11.3 Å². The van der Waals surface area contributed by atoms with Crippen molar-refractivity contribution in [3.05, 3.63) is 42.7 Å². The van der Waals surface area contributed by atoms with E-state index in [0.29, 0.717) is 11.3 Å². The van der Waals surface area contributed by atoms with E-state index in [1.165, 1.54) is 30.5 Å². The lowest BCUT2D eigenvalue weighted by Gasteiger charge is -2.09. The fraction of sp³-hybridized carbons (Fsp3) is 0.0833. The van der Waals surface area contributed by atoms with Crippen LogP contribution in [0.1, 0.15) is 0 Å². The van der Waals surface area contributed by atoms with Gasteiger partial charge >= 0.3 is 6.36 Å². The normalized spacial score (nSPS) is 11.3. The molecule has 1 aromatic carbocycles. The molecule has 0 saturated heterocycles. The predicted octanol–water partition coefficient (Wildman–Crippen LogP) is 3.23. The Morgan fingerprint density at radius 1 is 1.00 bits per heavy atom. The Kier molecular flexibility index (Phi) is 3.10. The standard InChI is InChI=1S/C12H9F3N2O/c13-12(14,15)18-11-3-1-8(2-4-11)9-5-10(16)7-17-6-9/h1-7H,16H2. The van der Waals surface area contributed by atoms with Crippen molar-refractivity contribution < 1.29 is 17.9 Å². The van der Waals surface area contributed by atoms with Gasteiger partial charge in [0, 0.05) is 18.0 Å². The lowest BCUT2D eigenvalue weighted by molar-refractivity contribution is -0.274. The van der Waals surface area contributed by atoms with Crippen molar-refractivity contribution in [2.75, 3.05) is 5.73 Å². The highest BCUT2D eigenvalue weighted by atomic mass is 19.4. The second kappa shape index (κ2) is 4.56. The minimum absolute atomic E-state index is 0.261. The number of halogens is 3. The van der Waals surface area contributed by atoms with E-state index in [1.54, 1.807) is 12.3 Å². The summed E-state index contributed by atoms with van der Waals surface area (Å²) in [7, 11) is 0. The van der Waals surface area contributed by atoms with Gasteiger partial charge in [-0.15, -0.1) is 13.2 Å². The molecule has 1 heterocycles. The van der Waals surface area contributed by atoms with Crippen LogP contribution in [0, 0.1) is 0 Å². The van der Waals surface area contributed by atoms with Gasteiger partial charge in [-0.25, -0.2) is 0 Å². The van der Waals surface area contributed by atoms with E-state index in [4.69, 9.17) is 5.73 Å². The van der Waals surface area contributed by atoms with Crippen molar-refractivity contribution in [1.29, 1.82) is 0 Å². The van der Waals surface area contributed by atoms with E-state index in [-0.39, 0.29) is 5.75 Å². The minimum atomic E-state index is -4.68. The van der Waals surface area contributed by atoms with Gasteiger partial charge in [-0.05, 0) is 23.8 Å². The highest BCUT2D eigenvalue weighted by Crippen LogP contribution is 2.26. The van der Waals surface area contributed by atoms with E-state index in [1.807, 2.05) is 0 Å². The van der Waals surface area contributed by atoms with Crippen molar-refractivity contribution in [2.24, 2.45) is 0 Å². The summed E-state index contributed by atoms with van der Waals surface area (Å²) in [6, 6.07) is 7.19. The third-order valence-electron chi connectivity index (χ3n) is 2.18. The summed E-state index contributed by atoms with van der Waals surface area (Å²) >= 11 is 0. The highest BCUT2D eigenvalue weighted by molar-refractivity contribution is 5.66. The van der Waals surface area contributed by atoms with E-state index in [0.717, 1.165) is 5.56 Å². The molecule has 0 unspecified atom stereocenters. The summed E-state index contributed by atoms with van der Waals surface area (Å²) in [5.74, 6) is -0.261. The average molecular weight is 254 g/mol. The maximum Gasteiger partial charge on any atom is 0.573 e.